The third kappa shape index (κ3) is 3.46. The number of methoxy groups -OCH3 is 1. The van der Waals surface area contributed by atoms with E-state index in [0.717, 1.165) is 5.82 Å². The van der Waals surface area contributed by atoms with E-state index >= 15 is 0 Å². The van der Waals surface area contributed by atoms with Gasteiger partial charge in [-0.2, -0.15) is 5.10 Å². The Balaban J connectivity index is 0.000000461. The van der Waals surface area contributed by atoms with E-state index < -0.39 is 0 Å². The van der Waals surface area contributed by atoms with Gasteiger partial charge in [-0.1, -0.05) is 0 Å². The van der Waals surface area contributed by atoms with Crippen LogP contribution in [-0.2, 0) is 34.9 Å². The van der Waals surface area contributed by atoms with Crippen molar-refractivity contribution >= 4 is 0 Å². The maximum atomic E-state index is 9.06. The van der Waals surface area contributed by atoms with E-state index in [-0.39, 0.29) is 0 Å². The predicted molar refractivity (Wildman–Crippen MR) is 32.8 cm³/mol. The monoisotopic (exact) mass is 209 g/mol. The Labute approximate surface area is 73.0 Å². The number of nitrogens with zero attached hydrogens (tertiary/aromatic N) is 3. The minimum absolute atomic E-state index is 0.524. The van der Waals surface area contributed by atoms with Gasteiger partial charge in [-0.05, 0) is 0 Å². The Hall–Kier alpha value is -0.451. The quantitative estimate of drug-likeness (QED) is 0.662. The van der Waals surface area contributed by atoms with Gasteiger partial charge in [0.1, 0.15) is 12.9 Å². The molecular formula is C5H9CuFN3O. The Morgan fingerprint density at radius 2 is 2.36 bits per heavy atom. The van der Waals surface area contributed by atoms with Gasteiger partial charge in [0.05, 0.1) is 0 Å². The van der Waals surface area contributed by atoms with Crippen molar-refractivity contribution in [2.45, 2.75) is 6.61 Å². The molecule has 0 amide bonds. The topological polar surface area (TPSA) is 39.9 Å². The number of hydrogen-bond donors (Lipinski definition) is 0. The molecule has 1 aromatic heterocycles. The summed E-state index contributed by atoms with van der Waals surface area (Å²) < 4.78 is 15.6. The first-order chi connectivity index (χ1) is 5.34. The van der Waals surface area contributed by atoms with Crippen molar-refractivity contribution < 1.29 is 24.8 Å². The van der Waals surface area contributed by atoms with Gasteiger partial charge in [0.2, 0.25) is 0 Å². The second-order valence-electron chi connectivity index (χ2n) is 1.73. The summed E-state index contributed by atoms with van der Waals surface area (Å²) in [4.78, 5) is 3.93. The van der Waals surface area contributed by atoms with Crippen molar-refractivity contribution in [3.8, 4) is 0 Å². The zero-order valence-corrected chi connectivity index (χ0v) is 7.16. The van der Waals surface area contributed by atoms with Crippen LogP contribution >= 0.6 is 0 Å². The fourth-order valence-electron chi connectivity index (χ4n) is 0.580. The molecule has 0 bridgehead atoms. The van der Waals surface area contributed by atoms with Crippen LogP contribution in [0.15, 0.2) is 6.33 Å². The molecule has 1 rings (SSSR count). The van der Waals surface area contributed by atoms with Crippen molar-refractivity contribution in [2.75, 3.05) is 7.11 Å². The molecule has 68 valence electrons. The van der Waals surface area contributed by atoms with Crippen molar-refractivity contribution in [2.24, 2.45) is 7.05 Å². The van der Waals surface area contributed by atoms with Gasteiger partial charge in [-0.25, -0.2) is 4.98 Å². The van der Waals surface area contributed by atoms with E-state index in [0.29, 0.717) is 6.61 Å². The Morgan fingerprint density at radius 3 is 2.73 bits per heavy atom. The van der Waals surface area contributed by atoms with Crippen molar-refractivity contribution in [3.63, 3.8) is 0 Å². The summed E-state index contributed by atoms with van der Waals surface area (Å²) >= 11 is 2.69. The number of aryl methyl sites for hydroxylation is 1. The fraction of sp³-hybridized carbons (Fsp3) is 0.600. The van der Waals surface area contributed by atoms with Gasteiger partial charge in [0.25, 0.3) is 0 Å². The average molecular weight is 210 g/mol. The van der Waals surface area contributed by atoms with Crippen molar-refractivity contribution in [1.82, 2.24) is 14.8 Å². The second kappa shape index (κ2) is 6.27. The summed E-state index contributed by atoms with van der Waals surface area (Å²) in [6.07, 6.45) is 1.51. The van der Waals surface area contributed by atoms with Crippen LogP contribution in [0.2, 0.25) is 0 Å². The van der Waals surface area contributed by atoms with Crippen LogP contribution < -0.4 is 0 Å². The van der Waals surface area contributed by atoms with E-state index in [1.54, 1.807) is 11.8 Å². The Bertz CT molecular complexity index is 194. The van der Waals surface area contributed by atoms with Crippen LogP contribution in [0.4, 0.5) is 3.55 Å². The molecule has 0 radical (unpaired) electrons. The van der Waals surface area contributed by atoms with Gasteiger partial charge in [-0.15, -0.1) is 0 Å². The van der Waals surface area contributed by atoms with Gasteiger partial charge in [0, 0.05) is 14.2 Å². The SMILES string of the molecule is COCc1ncnn1C.[F][Cu]. The van der Waals surface area contributed by atoms with Gasteiger partial charge in [-0.3, -0.25) is 4.68 Å². The number of halogens is 1. The molecule has 0 aliphatic carbocycles. The van der Waals surface area contributed by atoms with Gasteiger partial charge >= 0.3 is 20.0 Å². The summed E-state index contributed by atoms with van der Waals surface area (Å²) in [5, 5.41) is 3.86. The molecular weight excluding hydrogens is 201 g/mol. The van der Waals surface area contributed by atoms with E-state index in [1.165, 1.54) is 6.33 Å². The first-order valence-corrected chi connectivity index (χ1v) is 3.13. The Morgan fingerprint density at radius 1 is 1.73 bits per heavy atom. The summed E-state index contributed by atoms with van der Waals surface area (Å²) in [6, 6.07) is 0. The van der Waals surface area contributed by atoms with E-state index in [2.05, 4.69) is 26.5 Å². The zero-order valence-electron chi connectivity index (χ0n) is 6.21. The average Bonchev–Trinajstić information content (AvgIpc) is 2.42. The molecule has 4 nitrogen and oxygen atoms in total. The van der Waals surface area contributed by atoms with Crippen LogP contribution in [0, 0.1) is 0 Å². The molecule has 11 heavy (non-hydrogen) atoms. The molecule has 1 heterocycles. The molecule has 1 aromatic rings. The molecule has 0 spiro atoms. The zero-order chi connectivity index (χ0) is 8.69. The molecule has 0 unspecified atom stereocenters. The summed E-state index contributed by atoms with van der Waals surface area (Å²) in [6.45, 7) is 0.524. The van der Waals surface area contributed by atoms with E-state index in [1.807, 2.05) is 7.05 Å². The molecule has 0 aliphatic heterocycles. The number of hydrogen-bond acceptors (Lipinski definition) is 3. The first kappa shape index (κ1) is 10.5. The third-order valence-corrected chi connectivity index (χ3v) is 1.08. The normalized spacial score (nSPS) is 8.82. The summed E-state index contributed by atoms with van der Waals surface area (Å²) in [5.74, 6) is 0.845. The Kier molecular flexibility index (Phi) is 6.01. The second-order valence-corrected chi connectivity index (χ2v) is 1.73. The van der Waals surface area contributed by atoms with Gasteiger partial charge < -0.3 is 4.74 Å². The number of rotatable bonds is 2. The summed E-state index contributed by atoms with van der Waals surface area (Å²) in [5.41, 5.74) is 0. The molecule has 0 saturated heterocycles. The number of aromatic nitrogens is 3. The van der Waals surface area contributed by atoms with E-state index in [4.69, 9.17) is 8.29 Å². The predicted octanol–water partition coefficient (Wildman–Crippen LogP) is 0.379. The minimum atomic E-state index is 0.524. The molecule has 0 N–H and O–H groups in total. The van der Waals surface area contributed by atoms with E-state index in [9.17, 15) is 0 Å². The first-order valence-electron chi connectivity index (χ1n) is 2.78. The van der Waals surface area contributed by atoms with Crippen molar-refractivity contribution in [3.05, 3.63) is 12.2 Å². The van der Waals surface area contributed by atoms with Crippen LogP contribution in [0.1, 0.15) is 5.82 Å². The molecule has 0 aliphatic rings. The van der Waals surface area contributed by atoms with Crippen LogP contribution in [0.5, 0.6) is 0 Å². The number of ether oxygens (including phenoxy) is 1. The standard InChI is InChI=1S/C5H9N3O.Cu.FH/c1-8-5(3-9-2)6-4-7-8;;/h4H,3H2,1-2H3;;1H/q;+1;/p-1. The van der Waals surface area contributed by atoms with Crippen LogP contribution in [-0.4, -0.2) is 21.9 Å². The van der Waals surface area contributed by atoms with Gasteiger partial charge in [0.15, 0.2) is 5.82 Å². The molecule has 0 fully saturated rings. The maximum absolute atomic E-state index is 9.06. The third-order valence-electron chi connectivity index (χ3n) is 1.08. The summed E-state index contributed by atoms with van der Waals surface area (Å²) in [7, 11) is 3.47. The molecule has 6 heteroatoms. The molecule has 0 saturated carbocycles. The van der Waals surface area contributed by atoms with Crippen LogP contribution in [0.25, 0.3) is 0 Å². The molecule has 0 atom stereocenters. The molecule has 0 aromatic carbocycles. The fourth-order valence-corrected chi connectivity index (χ4v) is 0.580. The van der Waals surface area contributed by atoms with Crippen molar-refractivity contribution in [1.29, 1.82) is 0 Å². The van der Waals surface area contributed by atoms with Crippen LogP contribution in [0.3, 0.4) is 0 Å².